The fourth-order valence-electron chi connectivity index (χ4n) is 3.61. The number of benzene rings is 3. The zero-order valence-electron chi connectivity index (χ0n) is 18.6. The quantitative estimate of drug-likeness (QED) is 0.374. The van der Waals surface area contributed by atoms with Gasteiger partial charge in [0.2, 0.25) is 5.89 Å². The highest BCUT2D eigenvalue weighted by Gasteiger charge is 2.19. The Morgan fingerprint density at radius 2 is 1.75 bits per heavy atom. The van der Waals surface area contributed by atoms with Crippen LogP contribution in [0.2, 0.25) is 0 Å². The molecule has 0 fully saturated rings. The Bertz CT molecular complexity index is 1240. The predicted molar refractivity (Wildman–Crippen MR) is 126 cm³/mol. The minimum atomic E-state index is -0.327. The molecule has 1 heterocycles. The number of carbonyl (C=O) groups is 1. The average molecular weight is 431 g/mol. The molecular formula is C26H26N2O4. The van der Waals surface area contributed by atoms with E-state index in [4.69, 9.17) is 13.9 Å². The number of aromatic nitrogens is 1. The molecule has 6 nitrogen and oxygen atoms in total. The van der Waals surface area contributed by atoms with E-state index in [1.54, 1.807) is 18.2 Å². The molecule has 0 spiro atoms. The Kier molecular flexibility index (Phi) is 6.12. The molecule has 3 aromatic carbocycles. The van der Waals surface area contributed by atoms with Gasteiger partial charge >= 0.3 is 0 Å². The van der Waals surface area contributed by atoms with Gasteiger partial charge in [-0.25, -0.2) is 4.98 Å². The number of hydrogen-bond donors (Lipinski definition) is 1. The van der Waals surface area contributed by atoms with Gasteiger partial charge in [-0.2, -0.15) is 0 Å². The molecule has 1 aromatic heterocycles. The molecule has 1 N–H and O–H groups in total. The number of methoxy groups -OCH3 is 2. The summed E-state index contributed by atoms with van der Waals surface area (Å²) in [5, 5.41) is 2.91. The van der Waals surface area contributed by atoms with E-state index in [1.807, 2.05) is 30.3 Å². The standard InChI is InChI=1S/C26H26N2O4/c1-5-16(2)17-12-13-21-20(15-17)28-26(32-21)18-8-6-9-19(14-18)27-25(29)24-22(30-3)10-7-11-23(24)31-4/h6-16H,5H2,1-4H3,(H,27,29). The van der Waals surface area contributed by atoms with Gasteiger partial charge in [0.25, 0.3) is 5.91 Å². The zero-order valence-corrected chi connectivity index (χ0v) is 18.6. The number of fused-ring (bicyclic) bond motifs is 1. The average Bonchev–Trinajstić information content (AvgIpc) is 3.26. The maximum Gasteiger partial charge on any atom is 0.263 e. The largest absolute Gasteiger partial charge is 0.496 e. The highest BCUT2D eigenvalue weighted by Crippen LogP contribution is 2.31. The third-order valence-electron chi connectivity index (χ3n) is 5.62. The van der Waals surface area contributed by atoms with Gasteiger partial charge in [-0.05, 0) is 60.4 Å². The van der Waals surface area contributed by atoms with E-state index < -0.39 is 0 Å². The van der Waals surface area contributed by atoms with Gasteiger partial charge in [-0.1, -0.05) is 32.0 Å². The lowest BCUT2D eigenvalue weighted by Gasteiger charge is -2.13. The lowest BCUT2D eigenvalue weighted by molar-refractivity contribution is 0.102. The molecule has 6 heteroatoms. The number of rotatable bonds is 7. The van der Waals surface area contributed by atoms with Gasteiger partial charge in [-0.15, -0.1) is 0 Å². The smallest absolute Gasteiger partial charge is 0.263 e. The normalized spacial score (nSPS) is 11.9. The SMILES string of the molecule is CCC(C)c1ccc2oc(-c3cccc(NC(=O)c4c(OC)cccc4OC)c3)nc2c1. The van der Waals surface area contributed by atoms with Crippen molar-refractivity contribution in [2.24, 2.45) is 0 Å². The Labute approximate surface area is 187 Å². The van der Waals surface area contributed by atoms with Crippen LogP contribution < -0.4 is 14.8 Å². The van der Waals surface area contributed by atoms with Gasteiger partial charge in [0.15, 0.2) is 5.58 Å². The Morgan fingerprint density at radius 3 is 2.44 bits per heavy atom. The van der Waals surface area contributed by atoms with Crippen molar-refractivity contribution in [1.29, 1.82) is 0 Å². The van der Waals surface area contributed by atoms with E-state index in [1.165, 1.54) is 19.8 Å². The Hall–Kier alpha value is -3.80. The number of amides is 1. The summed E-state index contributed by atoms with van der Waals surface area (Å²) in [4.78, 5) is 17.7. The van der Waals surface area contributed by atoms with Crippen molar-refractivity contribution in [3.05, 3.63) is 71.8 Å². The van der Waals surface area contributed by atoms with E-state index in [0.29, 0.717) is 34.6 Å². The van der Waals surface area contributed by atoms with Crippen LogP contribution in [-0.4, -0.2) is 25.1 Å². The van der Waals surface area contributed by atoms with Crippen LogP contribution in [0.5, 0.6) is 11.5 Å². The molecule has 1 unspecified atom stereocenters. The van der Waals surface area contributed by atoms with Crippen LogP contribution in [-0.2, 0) is 0 Å². The molecule has 1 atom stereocenters. The molecule has 0 radical (unpaired) electrons. The molecule has 0 aliphatic heterocycles. The third-order valence-corrected chi connectivity index (χ3v) is 5.62. The van der Waals surface area contributed by atoms with Crippen molar-refractivity contribution in [3.63, 3.8) is 0 Å². The molecule has 164 valence electrons. The van der Waals surface area contributed by atoms with E-state index in [0.717, 1.165) is 23.1 Å². The second kappa shape index (κ2) is 9.14. The molecule has 0 saturated heterocycles. The number of nitrogens with one attached hydrogen (secondary N) is 1. The Morgan fingerprint density at radius 1 is 1.03 bits per heavy atom. The first-order valence-corrected chi connectivity index (χ1v) is 10.6. The highest BCUT2D eigenvalue weighted by molar-refractivity contribution is 6.08. The molecule has 0 saturated carbocycles. The number of oxazole rings is 1. The lowest BCUT2D eigenvalue weighted by atomic mass is 9.98. The fraction of sp³-hybridized carbons (Fsp3) is 0.231. The van der Waals surface area contributed by atoms with E-state index in [-0.39, 0.29) is 5.91 Å². The highest BCUT2D eigenvalue weighted by atomic mass is 16.5. The zero-order chi connectivity index (χ0) is 22.7. The van der Waals surface area contributed by atoms with E-state index in [2.05, 4.69) is 36.3 Å². The van der Waals surface area contributed by atoms with Crippen LogP contribution in [0, 0.1) is 0 Å². The summed E-state index contributed by atoms with van der Waals surface area (Å²) >= 11 is 0. The van der Waals surface area contributed by atoms with Crippen molar-refractivity contribution in [3.8, 4) is 23.0 Å². The van der Waals surface area contributed by atoms with Crippen molar-refractivity contribution in [2.75, 3.05) is 19.5 Å². The van der Waals surface area contributed by atoms with Crippen molar-refractivity contribution in [1.82, 2.24) is 4.98 Å². The van der Waals surface area contributed by atoms with Crippen molar-refractivity contribution < 1.29 is 18.7 Å². The second-order valence-electron chi connectivity index (χ2n) is 7.63. The monoisotopic (exact) mass is 430 g/mol. The first-order chi connectivity index (χ1) is 15.5. The summed E-state index contributed by atoms with van der Waals surface area (Å²) in [5.41, 5.74) is 4.53. The van der Waals surface area contributed by atoms with Crippen molar-refractivity contribution >= 4 is 22.7 Å². The van der Waals surface area contributed by atoms with Gasteiger partial charge in [-0.3, -0.25) is 4.79 Å². The molecule has 4 rings (SSSR count). The minimum absolute atomic E-state index is 0.327. The first-order valence-electron chi connectivity index (χ1n) is 10.6. The summed E-state index contributed by atoms with van der Waals surface area (Å²) < 4.78 is 16.7. The van der Waals surface area contributed by atoms with Crippen LogP contribution >= 0.6 is 0 Å². The number of anilines is 1. The Balaban J connectivity index is 1.63. The van der Waals surface area contributed by atoms with Crippen LogP contribution in [0.15, 0.2) is 65.1 Å². The third kappa shape index (κ3) is 4.17. The summed E-state index contributed by atoms with van der Waals surface area (Å²) in [6.45, 7) is 4.37. The summed E-state index contributed by atoms with van der Waals surface area (Å²) in [7, 11) is 3.04. The fourth-order valence-corrected chi connectivity index (χ4v) is 3.61. The van der Waals surface area contributed by atoms with Crippen LogP contribution in [0.1, 0.15) is 42.1 Å². The van der Waals surface area contributed by atoms with Crippen molar-refractivity contribution in [2.45, 2.75) is 26.2 Å². The maximum atomic E-state index is 13.0. The predicted octanol–water partition coefficient (Wildman–Crippen LogP) is 6.28. The van der Waals surface area contributed by atoms with E-state index in [9.17, 15) is 4.79 Å². The summed E-state index contributed by atoms with van der Waals surface area (Å²) in [6, 6.07) is 18.7. The minimum Gasteiger partial charge on any atom is -0.496 e. The molecular weight excluding hydrogens is 404 g/mol. The topological polar surface area (TPSA) is 73.6 Å². The lowest BCUT2D eigenvalue weighted by Crippen LogP contribution is -2.14. The molecule has 0 aliphatic carbocycles. The molecule has 0 aliphatic rings. The summed E-state index contributed by atoms with van der Waals surface area (Å²) in [5.74, 6) is 1.52. The van der Waals surface area contributed by atoms with Gasteiger partial charge in [0.1, 0.15) is 22.6 Å². The van der Waals surface area contributed by atoms with Gasteiger partial charge in [0.05, 0.1) is 14.2 Å². The molecule has 4 aromatic rings. The van der Waals surface area contributed by atoms with Gasteiger partial charge < -0.3 is 19.2 Å². The van der Waals surface area contributed by atoms with Gasteiger partial charge in [0, 0.05) is 11.3 Å². The van der Waals surface area contributed by atoms with E-state index >= 15 is 0 Å². The second-order valence-corrected chi connectivity index (χ2v) is 7.63. The van der Waals surface area contributed by atoms with Crippen LogP contribution in [0.3, 0.4) is 0 Å². The first kappa shape index (κ1) is 21.4. The van der Waals surface area contributed by atoms with Crippen LogP contribution in [0.25, 0.3) is 22.6 Å². The summed E-state index contributed by atoms with van der Waals surface area (Å²) in [6.07, 6.45) is 1.06. The number of hydrogen-bond acceptors (Lipinski definition) is 5. The number of carbonyl (C=O) groups excluding carboxylic acids is 1. The van der Waals surface area contributed by atoms with Crippen LogP contribution in [0.4, 0.5) is 5.69 Å². The molecule has 0 bridgehead atoms. The maximum absolute atomic E-state index is 13.0. The number of ether oxygens (including phenoxy) is 2. The number of nitrogens with zero attached hydrogens (tertiary/aromatic N) is 1. The molecule has 32 heavy (non-hydrogen) atoms. The molecule has 1 amide bonds.